The van der Waals surface area contributed by atoms with Gasteiger partial charge in [0.1, 0.15) is 11.6 Å². The molecule has 2 heterocycles. The van der Waals surface area contributed by atoms with Crippen molar-refractivity contribution in [2.24, 2.45) is 0 Å². The molecule has 4 rings (SSSR count). The maximum atomic E-state index is 12.7. The number of fused-ring (bicyclic) bond motifs is 1. The highest BCUT2D eigenvalue weighted by Crippen LogP contribution is 2.25. The van der Waals surface area contributed by atoms with Crippen LogP contribution in [0.3, 0.4) is 0 Å². The zero-order chi connectivity index (χ0) is 20.9. The van der Waals surface area contributed by atoms with Crippen molar-refractivity contribution in [1.29, 1.82) is 0 Å². The van der Waals surface area contributed by atoms with Gasteiger partial charge < -0.3 is 19.7 Å². The van der Waals surface area contributed by atoms with Crippen molar-refractivity contribution >= 4 is 22.5 Å². The Morgan fingerprint density at radius 3 is 2.63 bits per heavy atom. The molecule has 1 amide bonds. The van der Waals surface area contributed by atoms with Crippen LogP contribution < -0.4 is 15.0 Å². The van der Waals surface area contributed by atoms with Crippen molar-refractivity contribution < 1.29 is 14.3 Å². The first-order chi connectivity index (χ1) is 14.6. The highest BCUT2D eigenvalue weighted by molar-refractivity contribution is 5.88. The summed E-state index contributed by atoms with van der Waals surface area (Å²) >= 11 is 0. The number of carbonyl (C=O) groups excluding carboxylic acids is 1. The maximum absolute atomic E-state index is 12.7. The summed E-state index contributed by atoms with van der Waals surface area (Å²) in [6.45, 7) is 5.59. The molecule has 0 radical (unpaired) electrons. The number of carbonyl (C=O) groups is 1. The van der Waals surface area contributed by atoms with Crippen molar-refractivity contribution in [3.63, 3.8) is 0 Å². The number of hydrogen-bond acceptors (Lipinski definition) is 5. The van der Waals surface area contributed by atoms with Crippen LogP contribution in [0, 0.1) is 0 Å². The van der Waals surface area contributed by atoms with Crippen molar-refractivity contribution in [3.05, 3.63) is 65.9 Å². The van der Waals surface area contributed by atoms with Crippen LogP contribution in [0.4, 0.5) is 5.82 Å². The van der Waals surface area contributed by atoms with Gasteiger partial charge in [-0.3, -0.25) is 4.79 Å². The van der Waals surface area contributed by atoms with Gasteiger partial charge in [0.05, 0.1) is 26.2 Å². The molecule has 0 bridgehead atoms. The first-order valence-electron chi connectivity index (χ1n) is 10.3. The third-order valence-corrected chi connectivity index (χ3v) is 5.58. The Morgan fingerprint density at radius 2 is 1.90 bits per heavy atom. The van der Waals surface area contributed by atoms with E-state index in [-0.39, 0.29) is 11.8 Å². The first kappa shape index (κ1) is 20.2. The van der Waals surface area contributed by atoms with E-state index in [1.165, 1.54) is 0 Å². The molecule has 6 nitrogen and oxygen atoms in total. The summed E-state index contributed by atoms with van der Waals surface area (Å²) in [5, 5.41) is 5.22. The molecule has 1 atom stereocenters. The summed E-state index contributed by atoms with van der Waals surface area (Å²) in [6.07, 6.45) is 1.83. The molecule has 1 N–H and O–H groups in total. The molecule has 1 aliphatic rings. The Morgan fingerprint density at radius 1 is 1.13 bits per heavy atom. The van der Waals surface area contributed by atoms with Gasteiger partial charge in [0, 0.05) is 25.8 Å². The van der Waals surface area contributed by atoms with E-state index in [1.54, 1.807) is 7.11 Å². The fourth-order valence-corrected chi connectivity index (χ4v) is 3.63. The fourth-order valence-electron chi connectivity index (χ4n) is 3.63. The monoisotopic (exact) mass is 405 g/mol. The quantitative estimate of drug-likeness (QED) is 0.680. The lowest BCUT2D eigenvalue weighted by Crippen LogP contribution is -2.36. The molecule has 3 aromatic rings. The molecule has 30 heavy (non-hydrogen) atoms. The zero-order valence-electron chi connectivity index (χ0n) is 17.4. The lowest BCUT2D eigenvalue weighted by Gasteiger charge is -2.27. The fraction of sp³-hybridized carbons (Fsp3) is 0.333. The van der Waals surface area contributed by atoms with Crippen LogP contribution in [-0.2, 0) is 16.1 Å². The van der Waals surface area contributed by atoms with Crippen LogP contribution in [-0.4, -0.2) is 44.3 Å². The van der Waals surface area contributed by atoms with Gasteiger partial charge in [0.15, 0.2) is 0 Å². The number of morpholine rings is 1. The smallest absolute Gasteiger partial charge is 0.227 e. The molecule has 1 unspecified atom stereocenters. The second-order valence-corrected chi connectivity index (χ2v) is 7.54. The molecule has 2 aromatic carbocycles. The maximum Gasteiger partial charge on any atom is 0.227 e. The average Bonchev–Trinajstić information content (AvgIpc) is 2.82. The van der Waals surface area contributed by atoms with Gasteiger partial charge >= 0.3 is 0 Å². The van der Waals surface area contributed by atoms with Gasteiger partial charge in [-0.1, -0.05) is 30.3 Å². The van der Waals surface area contributed by atoms with Gasteiger partial charge in [-0.05, 0) is 47.0 Å². The number of nitrogens with one attached hydrogen (secondary N) is 1. The topological polar surface area (TPSA) is 63.7 Å². The largest absolute Gasteiger partial charge is 0.497 e. The van der Waals surface area contributed by atoms with E-state index in [0.29, 0.717) is 6.54 Å². The van der Waals surface area contributed by atoms with Crippen LogP contribution in [0.5, 0.6) is 5.75 Å². The van der Waals surface area contributed by atoms with E-state index in [9.17, 15) is 4.79 Å². The van der Waals surface area contributed by atoms with Crippen LogP contribution in [0.15, 0.2) is 54.7 Å². The molecule has 0 aliphatic carbocycles. The molecule has 156 valence electrons. The van der Waals surface area contributed by atoms with Crippen LogP contribution in [0.2, 0.25) is 0 Å². The standard InChI is InChI=1S/C24H27N3O3/c1-17(19-4-5-21-14-22(29-2)7-6-20(21)13-19)24(28)26-16-18-3-8-23(25-15-18)27-9-11-30-12-10-27/h3-8,13-15,17H,9-12,16H2,1-2H3,(H,26,28). The first-order valence-corrected chi connectivity index (χ1v) is 10.3. The minimum atomic E-state index is -0.239. The molecule has 1 aromatic heterocycles. The Balaban J connectivity index is 1.37. The van der Waals surface area contributed by atoms with Crippen LogP contribution in [0.1, 0.15) is 24.0 Å². The lowest BCUT2D eigenvalue weighted by molar-refractivity contribution is -0.122. The van der Waals surface area contributed by atoms with Crippen LogP contribution >= 0.6 is 0 Å². The SMILES string of the molecule is COc1ccc2cc(C(C)C(=O)NCc3ccc(N4CCOCC4)nc3)ccc2c1. The number of pyridine rings is 1. The molecule has 1 aliphatic heterocycles. The molecule has 0 saturated carbocycles. The van der Waals surface area contributed by atoms with Gasteiger partial charge in [-0.25, -0.2) is 4.98 Å². The number of amides is 1. The lowest BCUT2D eigenvalue weighted by atomic mass is 9.97. The molecule has 1 saturated heterocycles. The number of aromatic nitrogens is 1. The second kappa shape index (κ2) is 9.13. The third kappa shape index (κ3) is 4.54. The highest BCUT2D eigenvalue weighted by Gasteiger charge is 2.16. The second-order valence-electron chi connectivity index (χ2n) is 7.54. The molecule has 0 spiro atoms. The number of methoxy groups -OCH3 is 1. The Labute approximate surface area is 176 Å². The van der Waals surface area contributed by atoms with E-state index in [1.807, 2.05) is 55.6 Å². The number of benzene rings is 2. The minimum Gasteiger partial charge on any atom is -0.497 e. The van der Waals surface area contributed by atoms with E-state index in [0.717, 1.165) is 59.8 Å². The van der Waals surface area contributed by atoms with Crippen molar-refractivity contribution in [3.8, 4) is 5.75 Å². The van der Waals surface area contributed by atoms with Gasteiger partial charge in [-0.15, -0.1) is 0 Å². The summed E-state index contributed by atoms with van der Waals surface area (Å²) < 4.78 is 10.7. The van der Waals surface area contributed by atoms with Gasteiger partial charge in [0.25, 0.3) is 0 Å². The summed E-state index contributed by atoms with van der Waals surface area (Å²) in [4.78, 5) is 19.4. The summed E-state index contributed by atoms with van der Waals surface area (Å²) in [5.74, 6) is 1.54. The Bertz CT molecular complexity index is 1010. The zero-order valence-corrected chi connectivity index (χ0v) is 17.4. The summed E-state index contributed by atoms with van der Waals surface area (Å²) in [7, 11) is 1.66. The Hall–Kier alpha value is -3.12. The van der Waals surface area contributed by atoms with E-state index in [4.69, 9.17) is 9.47 Å². The summed E-state index contributed by atoms with van der Waals surface area (Å²) in [6, 6.07) is 16.1. The van der Waals surface area contributed by atoms with Crippen molar-refractivity contribution in [2.45, 2.75) is 19.4 Å². The molecular formula is C24H27N3O3. The van der Waals surface area contributed by atoms with Gasteiger partial charge in [-0.2, -0.15) is 0 Å². The highest BCUT2D eigenvalue weighted by atomic mass is 16.5. The summed E-state index contributed by atoms with van der Waals surface area (Å²) in [5.41, 5.74) is 1.98. The van der Waals surface area contributed by atoms with Crippen LogP contribution in [0.25, 0.3) is 10.8 Å². The normalized spacial score (nSPS) is 15.1. The Kier molecular flexibility index (Phi) is 6.14. The number of rotatable bonds is 6. The predicted molar refractivity (Wildman–Crippen MR) is 118 cm³/mol. The number of anilines is 1. The van der Waals surface area contributed by atoms with Crippen molar-refractivity contribution in [1.82, 2.24) is 10.3 Å². The minimum absolute atomic E-state index is 0.000109. The van der Waals surface area contributed by atoms with E-state index in [2.05, 4.69) is 21.3 Å². The van der Waals surface area contributed by atoms with Crippen molar-refractivity contribution in [2.75, 3.05) is 38.3 Å². The predicted octanol–water partition coefficient (Wildman–Crippen LogP) is 3.50. The number of hydrogen-bond donors (Lipinski definition) is 1. The number of nitrogens with zero attached hydrogens (tertiary/aromatic N) is 2. The van der Waals surface area contributed by atoms with E-state index < -0.39 is 0 Å². The molecule has 6 heteroatoms. The molecule has 1 fully saturated rings. The van der Waals surface area contributed by atoms with Gasteiger partial charge in [0.2, 0.25) is 5.91 Å². The third-order valence-electron chi connectivity index (χ3n) is 5.58. The number of ether oxygens (including phenoxy) is 2. The van der Waals surface area contributed by atoms with E-state index >= 15 is 0 Å². The molecular weight excluding hydrogens is 378 g/mol. The average molecular weight is 405 g/mol.